The van der Waals surface area contributed by atoms with Gasteiger partial charge in [0.2, 0.25) is 0 Å². The summed E-state index contributed by atoms with van der Waals surface area (Å²) in [6.45, 7) is 11.7. The molecule has 0 radical (unpaired) electrons. The molecule has 0 heterocycles. The summed E-state index contributed by atoms with van der Waals surface area (Å²) >= 11 is -5.56. The summed E-state index contributed by atoms with van der Waals surface area (Å²) in [5, 5.41) is 0. The number of benzene rings is 4. The third-order valence-electron chi connectivity index (χ3n) is 8.51. The molecule has 0 N–H and O–H groups in total. The number of carbonyl (C=O) groups excluding carboxylic acids is 2. The SMILES string of the molecule is C=CC(=O)[O][Ti]([O]C(=O)C=C)([c]1cccc2c1Cc1ccccc1-2)([c]1cccc2c1Cc1ccccc1-2)=[Si](C)C. The van der Waals surface area contributed by atoms with E-state index in [1.165, 1.54) is 23.3 Å². The van der Waals surface area contributed by atoms with Gasteiger partial charge in [0, 0.05) is 0 Å². The molecule has 0 saturated carbocycles. The van der Waals surface area contributed by atoms with Gasteiger partial charge in [-0.2, -0.15) is 0 Å². The molecular weight excluding hydrogens is 548 g/mol. The quantitative estimate of drug-likeness (QED) is 0.180. The molecule has 6 rings (SSSR count). The van der Waals surface area contributed by atoms with E-state index in [9.17, 15) is 9.59 Å². The van der Waals surface area contributed by atoms with Crippen molar-refractivity contribution in [3.8, 4) is 22.3 Å². The van der Waals surface area contributed by atoms with Gasteiger partial charge < -0.3 is 0 Å². The van der Waals surface area contributed by atoms with Crippen molar-refractivity contribution in [2.24, 2.45) is 0 Å². The van der Waals surface area contributed by atoms with E-state index >= 15 is 0 Å². The normalized spacial score (nSPS) is 12.9. The van der Waals surface area contributed by atoms with Gasteiger partial charge in [-0.25, -0.2) is 0 Å². The standard InChI is InChI=1S/2C13H9.2C3H4O2.C2H6Si.Ti/c2*1-3-7-12-10(5-1)9-11-6-2-4-8-13(11)12;2*1-2-3(4)5;1-3-2;/h2*1-5,7-8H,9H2;2*2H,1H2,(H,4,5);1-2H3;/q;;;;;+2/p-2. The van der Waals surface area contributed by atoms with Gasteiger partial charge in [0.05, 0.1) is 0 Å². The summed E-state index contributed by atoms with van der Waals surface area (Å²) in [6.07, 6.45) is 2.00. The van der Waals surface area contributed by atoms with E-state index in [2.05, 4.69) is 62.7 Å². The van der Waals surface area contributed by atoms with Gasteiger partial charge in [-0.05, 0) is 0 Å². The van der Waals surface area contributed by atoms with Gasteiger partial charge >= 0.3 is 238 Å². The molecule has 4 aromatic carbocycles. The maximum atomic E-state index is 13.5. The van der Waals surface area contributed by atoms with Gasteiger partial charge in [0.15, 0.2) is 0 Å². The van der Waals surface area contributed by atoms with Crippen molar-refractivity contribution in [3.63, 3.8) is 0 Å². The van der Waals surface area contributed by atoms with Crippen LogP contribution in [0, 0.1) is 0 Å². The van der Waals surface area contributed by atoms with Crippen LogP contribution < -0.4 is 7.74 Å². The van der Waals surface area contributed by atoms with Crippen molar-refractivity contribution in [3.05, 3.63) is 132 Å². The molecule has 4 nitrogen and oxygen atoms in total. The van der Waals surface area contributed by atoms with Gasteiger partial charge in [0.25, 0.3) is 0 Å². The Labute approximate surface area is 236 Å². The molecule has 0 spiro atoms. The maximum absolute atomic E-state index is 13.5. The van der Waals surface area contributed by atoms with Crippen LogP contribution in [0.1, 0.15) is 22.3 Å². The summed E-state index contributed by atoms with van der Waals surface area (Å²) in [5.41, 5.74) is 9.02. The topological polar surface area (TPSA) is 52.6 Å². The van der Waals surface area contributed by atoms with Crippen molar-refractivity contribution in [1.82, 2.24) is 0 Å². The number of rotatable bonds is 6. The summed E-state index contributed by atoms with van der Waals surface area (Å²) in [7, 11) is 0. The Morgan fingerprint density at radius 2 is 1.05 bits per heavy atom. The van der Waals surface area contributed by atoms with Crippen LogP contribution in [0.15, 0.2) is 110 Å². The molecule has 0 aromatic heterocycles. The van der Waals surface area contributed by atoms with Crippen molar-refractivity contribution in [1.29, 1.82) is 0 Å². The van der Waals surface area contributed by atoms with Crippen LogP contribution in [0.4, 0.5) is 0 Å². The summed E-state index contributed by atoms with van der Waals surface area (Å²) in [4.78, 5) is 27.0. The van der Waals surface area contributed by atoms with Crippen LogP contribution in [0.5, 0.6) is 0 Å². The molecule has 0 bridgehead atoms. The van der Waals surface area contributed by atoms with Gasteiger partial charge in [-0.3, -0.25) is 0 Å². The second-order valence-corrected chi connectivity index (χ2v) is 26.7. The predicted octanol–water partition coefficient (Wildman–Crippen LogP) is 6.01. The van der Waals surface area contributed by atoms with Crippen LogP contribution >= 0.6 is 0 Å². The molecule has 2 aliphatic rings. The number of fused-ring (bicyclic) bond motifs is 6. The third kappa shape index (κ3) is 3.62. The van der Waals surface area contributed by atoms with Crippen molar-refractivity contribution >= 4 is 25.9 Å². The molecule has 0 amide bonds. The first-order chi connectivity index (χ1) is 19.3. The zero-order valence-corrected chi connectivity index (χ0v) is 25.3. The molecule has 2 aliphatic carbocycles. The van der Waals surface area contributed by atoms with E-state index in [0.717, 1.165) is 41.1 Å². The van der Waals surface area contributed by atoms with Gasteiger partial charge in [-0.15, -0.1) is 0 Å². The van der Waals surface area contributed by atoms with Gasteiger partial charge in [0.1, 0.15) is 0 Å². The molecule has 0 saturated heterocycles. The molecule has 40 heavy (non-hydrogen) atoms. The second kappa shape index (κ2) is 9.70. The average molecular weight is 579 g/mol. The number of carbonyl (C=O) groups is 2. The fourth-order valence-corrected chi connectivity index (χ4v) is 24.3. The number of hydrogen-bond donors (Lipinski definition) is 0. The summed E-state index contributed by atoms with van der Waals surface area (Å²) in [6, 6.07) is 29.0. The van der Waals surface area contributed by atoms with E-state index in [4.69, 9.17) is 6.64 Å². The average Bonchev–Trinajstić information content (AvgIpc) is 3.55. The van der Waals surface area contributed by atoms with Crippen molar-refractivity contribution < 1.29 is 31.0 Å². The third-order valence-corrected chi connectivity index (χ3v) is 28.3. The Bertz CT molecular complexity index is 1720. The summed E-state index contributed by atoms with van der Waals surface area (Å²) in [5.74, 6) is -1.16. The Balaban J connectivity index is 1.80. The fraction of sp³-hybridized carbons (Fsp3) is 0.118. The van der Waals surface area contributed by atoms with E-state index in [-0.39, 0.29) is 0 Å². The Morgan fingerprint density at radius 1 is 0.650 bits per heavy atom. The molecule has 6 heteroatoms. The van der Waals surface area contributed by atoms with E-state index < -0.39 is 32.9 Å². The Morgan fingerprint density at radius 3 is 1.45 bits per heavy atom. The predicted molar refractivity (Wildman–Crippen MR) is 159 cm³/mol. The van der Waals surface area contributed by atoms with Crippen LogP contribution in [0.3, 0.4) is 0 Å². The first-order valence-corrected chi connectivity index (χ1v) is 21.1. The number of hydrogen-bond acceptors (Lipinski definition) is 4. The molecule has 0 unspecified atom stereocenters. The van der Waals surface area contributed by atoms with Crippen LogP contribution in [-0.4, -0.2) is 18.1 Å². The van der Waals surface area contributed by atoms with Crippen molar-refractivity contribution in [2.45, 2.75) is 25.9 Å². The molecule has 0 atom stereocenters. The Hall–Kier alpha value is -3.77. The van der Waals surface area contributed by atoms with Crippen LogP contribution in [-0.2, 0) is 43.9 Å². The molecule has 4 aromatic rings. The molecule has 0 fully saturated rings. The molecule has 0 aliphatic heterocycles. The van der Waals surface area contributed by atoms with Crippen LogP contribution in [0.2, 0.25) is 13.1 Å². The van der Waals surface area contributed by atoms with E-state index in [1.807, 2.05) is 48.5 Å². The van der Waals surface area contributed by atoms with Crippen LogP contribution in [0.25, 0.3) is 22.3 Å². The molecular formula is C34H30O4SiTi. The second-order valence-electron chi connectivity index (χ2n) is 10.7. The van der Waals surface area contributed by atoms with E-state index in [0.29, 0.717) is 12.8 Å². The van der Waals surface area contributed by atoms with Gasteiger partial charge in [-0.1, -0.05) is 0 Å². The first-order valence-electron chi connectivity index (χ1n) is 13.4. The monoisotopic (exact) mass is 578 g/mol. The van der Waals surface area contributed by atoms with E-state index in [1.54, 1.807) is 0 Å². The minimum absolute atomic E-state index is 0.582. The minimum atomic E-state index is -5.56. The van der Waals surface area contributed by atoms with Crippen molar-refractivity contribution in [2.75, 3.05) is 0 Å². The Kier molecular flexibility index (Phi) is 6.42. The summed E-state index contributed by atoms with van der Waals surface area (Å²) < 4.78 is 15.4. The fourth-order valence-electron chi connectivity index (χ4n) is 6.76. The zero-order chi connectivity index (χ0) is 28.1. The zero-order valence-electron chi connectivity index (χ0n) is 22.7. The first kappa shape index (κ1) is 26.5. The molecule has 198 valence electrons.